The van der Waals surface area contributed by atoms with Gasteiger partial charge in [0.1, 0.15) is 0 Å². The van der Waals surface area contributed by atoms with E-state index in [-0.39, 0.29) is 0 Å². The monoisotopic (exact) mass is 394 g/mol. The first-order valence-corrected chi connectivity index (χ1v) is 10.5. The summed E-state index contributed by atoms with van der Waals surface area (Å²) in [6, 6.07) is 13.9. The van der Waals surface area contributed by atoms with Crippen LogP contribution in [0.3, 0.4) is 0 Å². The number of halogens is 2. The van der Waals surface area contributed by atoms with Crippen LogP contribution in [0, 0.1) is 0 Å². The highest BCUT2D eigenvalue weighted by molar-refractivity contribution is 7.99. The molecule has 3 rings (SSSR count). The third-order valence-corrected chi connectivity index (χ3v) is 5.95. The van der Waals surface area contributed by atoms with Crippen molar-refractivity contribution in [3.8, 4) is 0 Å². The smallest absolute Gasteiger partial charge is 0.0483 e. The Morgan fingerprint density at radius 1 is 0.920 bits per heavy atom. The number of benzene rings is 2. The average Bonchev–Trinajstić information content (AvgIpc) is 2.63. The molecule has 2 aromatic rings. The van der Waals surface area contributed by atoms with Gasteiger partial charge in [-0.15, -0.1) is 0 Å². The summed E-state index contributed by atoms with van der Waals surface area (Å²) in [7, 11) is 0. The molecule has 1 heterocycles. The minimum absolute atomic E-state index is 0.756. The highest BCUT2D eigenvalue weighted by Gasteiger charge is 2.10. The number of nitrogens with zero attached hydrogens (tertiary/aromatic N) is 1. The minimum Gasteiger partial charge on any atom is -0.384 e. The van der Waals surface area contributed by atoms with Gasteiger partial charge >= 0.3 is 0 Å². The molecule has 2 nitrogen and oxygen atoms in total. The lowest BCUT2D eigenvalue weighted by molar-refractivity contribution is 0.228. The number of anilines is 1. The molecule has 0 spiro atoms. The minimum atomic E-state index is 0.756. The number of likely N-dealkylation sites (tertiary alicyclic amines) is 1. The third kappa shape index (κ3) is 6.10. The van der Waals surface area contributed by atoms with E-state index in [9.17, 15) is 0 Å². The maximum Gasteiger partial charge on any atom is 0.0483 e. The van der Waals surface area contributed by atoms with Crippen LogP contribution in [0.25, 0.3) is 0 Å². The van der Waals surface area contributed by atoms with E-state index in [1.54, 1.807) is 11.8 Å². The van der Waals surface area contributed by atoms with E-state index in [1.807, 2.05) is 36.4 Å². The van der Waals surface area contributed by atoms with Gasteiger partial charge in [-0.25, -0.2) is 0 Å². The summed E-state index contributed by atoms with van der Waals surface area (Å²) in [4.78, 5) is 4.88. The Balaban J connectivity index is 1.56. The largest absolute Gasteiger partial charge is 0.384 e. The normalized spacial score (nSPS) is 15.3. The molecule has 1 fully saturated rings. The predicted molar refractivity (Wildman–Crippen MR) is 110 cm³/mol. The molecular weight excluding hydrogens is 371 g/mol. The molecule has 0 aliphatic carbocycles. The van der Waals surface area contributed by atoms with Crippen molar-refractivity contribution in [3.05, 3.63) is 52.5 Å². The lowest BCUT2D eigenvalue weighted by atomic mass is 10.1. The molecule has 0 aromatic heterocycles. The van der Waals surface area contributed by atoms with Crippen LogP contribution in [0.15, 0.2) is 52.3 Å². The van der Waals surface area contributed by atoms with Crippen LogP contribution in [0.2, 0.25) is 10.0 Å². The maximum atomic E-state index is 6.20. The van der Waals surface area contributed by atoms with Gasteiger partial charge in [0.25, 0.3) is 0 Å². The van der Waals surface area contributed by atoms with E-state index < -0.39 is 0 Å². The van der Waals surface area contributed by atoms with Crippen LogP contribution in [0.5, 0.6) is 0 Å². The first-order valence-electron chi connectivity index (χ1n) is 8.90. The first-order chi connectivity index (χ1) is 12.2. The summed E-state index contributed by atoms with van der Waals surface area (Å²) in [6.45, 7) is 4.68. The van der Waals surface area contributed by atoms with Crippen molar-refractivity contribution < 1.29 is 0 Å². The van der Waals surface area contributed by atoms with Crippen molar-refractivity contribution in [1.29, 1.82) is 0 Å². The van der Waals surface area contributed by atoms with Gasteiger partial charge in [0.15, 0.2) is 0 Å². The van der Waals surface area contributed by atoms with Gasteiger partial charge in [-0.3, -0.25) is 0 Å². The van der Waals surface area contributed by atoms with Crippen molar-refractivity contribution in [3.63, 3.8) is 0 Å². The Labute approximate surface area is 164 Å². The molecule has 1 N–H and O–H groups in total. The highest BCUT2D eigenvalue weighted by Crippen LogP contribution is 2.35. The average molecular weight is 395 g/mol. The van der Waals surface area contributed by atoms with E-state index in [4.69, 9.17) is 23.2 Å². The van der Waals surface area contributed by atoms with Crippen molar-refractivity contribution in [2.75, 3.05) is 31.5 Å². The fourth-order valence-electron chi connectivity index (χ4n) is 3.06. The summed E-state index contributed by atoms with van der Waals surface area (Å²) in [5, 5.41) is 5.10. The van der Waals surface area contributed by atoms with Gasteiger partial charge in [0.2, 0.25) is 0 Å². The lowest BCUT2D eigenvalue weighted by Gasteiger charge is -2.26. The van der Waals surface area contributed by atoms with Crippen LogP contribution in [0.1, 0.15) is 25.7 Å². The second-order valence-electron chi connectivity index (χ2n) is 6.38. The fraction of sp³-hybridized carbons (Fsp3) is 0.400. The molecule has 0 radical (unpaired) electrons. The summed E-state index contributed by atoms with van der Waals surface area (Å²) < 4.78 is 0. The fourth-order valence-corrected chi connectivity index (χ4v) is 4.39. The lowest BCUT2D eigenvalue weighted by Crippen LogP contribution is -2.31. The molecule has 25 heavy (non-hydrogen) atoms. The van der Waals surface area contributed by atoms with Gasteiger partial charge in [-0.05, 0) is 81.4 Å². The molecule has 0 atom stereocenters. The van der Waals surface area contributed by atoms with E-state index in [1.165, 1.54) is 38.9 Å². The van der Waals surface area contributed by atoms with Crippen LogP contribution < -0.4 is 5.32 Å². The molecule has 0 saturated carbocycles. The Morgan fingerprint density at radius 2 is 1.64 bits per heavy atom. The number of piperidine rings is 1. The first kappa shape index (κ1) is 18.9. The Hall–Kier alpha value is -0.870. The zero-order valence-electron chi connectivity index (χ0n) is 14.3. The van der Waals surface area contributed by atoms with Crippen molar-refractivity contribution >= 4 is 40.7 Å². The second kappa shape index (κ2) is 9.72. The third-order valence-electron chi connectivity index (χ3n) is 4.40. The summed E-state index contributed by atoms with van der Waals surface area (Å²) in [5.41, 5.74) is 1.14. The number of hydrogen-bond acceptors (Lipinski definition) is 3. The van der Waals surface area contributed by atoms with Gasteiger partial charge < -0.3 is 10.2 Å². The SMILES string of the molecule is Clc1ccc(Sc2cc(Cl)ccc2NCCCN2CCCCC2)cc1. The molecule has 0 amide bonds. The molecule has 0 bridgehead atoms. The number of rotatable bonds is 7. The van der Waals surface area contributed by atoms with Gasteiger partial charge in [0.05, 0.1) is 0 Å². The summed E-state index contributed by atoms with van der Waals surface area (Å²) >= 11 is 13.9. The molecule has 1 saturated heterocycles. The summed E-state index contributed by atoms with van der Waals surface area (Å²) in [5.74, 6) is 0. The van der Waals surface area contributed by atoms with Gasteiger partial charge in [0, 0.05) is 32.1 Å². The van der Waals surface area contributed by atoms with Crippen LogP contribution >= 0.6 is 35.0 Å². The van der Waals surface area contributed by atoms with E-state index >= 15 is 0 Å². The Kier molecular flexibility index (Phi) is 7.35. The molecule has 2 aromatic carbocycles. The number of hydrogen-bond donors (Lipinski definition) is 1. The van der Waals surface area contributed by atoms with Crippen molar-refractivity contribution in [2.24, 2.45) is 0 Å². The topological polar surface area (TPSA) is 15.3 Å². The zero-order chi connectivity index (χ0) is 17.5. The molecule has 5 heteroatoms. The van der Waals surface area contributed by atoms with Gasteiger partial charge in [-0.1, -0.05) is 41.4 Å². The van der Waals surface area contributed by atoms with Gasteiger partial charge in [-0.2, -0.15) is 0 Å². The predicted octanol–water partition coefficient (Wildman–Crippen LogP) is 6.43. The van der Waals surface area contributed by atoms with Crippen LogP contribution in [-0.4, -0.2) is 31.1 Å². The van der Waals surface area contributed by atoms with E-state index in [0.29, 0.717) is 0 Å². The summed E-state index contributed by atoms with van der Waals surface area (Å²) in [6.07, 6.45) is 5.26. The number of nitrogens with one attached hydrogen (secondary N) is 1. The van der Waals surface area contributed by atoms with Crippen LogP contribution in [-0.2, 0) is 0 Å². The van der Waals surface area contributed by atoms with Crippen LogP contribution in [0.4, 0.5) is 5.69 Å². The molecule has 1 aliphatic heterocycles. The highest BCUT2D eigenvalue weighted by atomic mass is 35.5. The van der Waals surface area contributed by atoms with Crippen molar-refractivity contribution in [2.45, 2.75) is 35.5 Å². The van der Waals surface area contributed by atoms with E-state index in [2.05, 4.69) is 16.3 Å². The molecule has 1 aliphatic rings. The van der Waals surface area contributed by atoms with E-state index in [0.717, 1.165) is 38.5 Å². The molecule has 134 valence electrons. The Morgan fingerprint density at radius 3 is 2.40 bits per heavy atom. The van der Waals surface area contributed by atoms with Crippen molar-refractivity contribution in [1.82, 2.24) is 4.90 Å². The maximum absolute atomic E-state index is 6.20. The quantitative estimate of drug-likeness (QED) is 0.544. The molecule has 0 unspecified atom stereocenters. The molecular formula is C20H24Cl2N2S. The second-order valence-corrected chi connectivity index (χ2v) is 8.37. The zero-order valence-corrected chi connectivity index (χ0v) is 16.6. The Bertz CT molecular complexity index is 670. The standard InChI is InChI=1S/C20H24Cl2N2S/c21-16-5-8-18(9-6-16)25-20-15-17(22)7-10-19(20)23-11-4-14-24-12-2-1-3-13-24/h5-10,15,23H,1-4,11-14H2.